The number of fused-ring (bicyclic) bond motifs is 1. The Balaban J connectivity index is 1.98. The van der Waals surface area contributed by atoms with Crippen LogP contribution in [0.1, 0.15) is 12.5 Å². The molecular formula is C15H14N4O4S. The molecule has 1 unspecified atom stereocenters. The molecule has 1 aromatic carbocycles. The SMILES string of the molecule is CC(O)(CNc1cc2nc[nH]c(=O)c2cc1[N+](=O)[O-])c1ccsc1. The number of rotatable bonds is 5. The van der Waals surface area contributed by atoms with E-state index in [4.69, 9.17) is 0 Å². The van der Waals surface area contributed by atoms with Crippen LogP contribution in [-0.4, -0.2) is 26.5 Å². The highest BCUT2D eigenvalue weighted by molar-refractivity contribution is 7.08. The molecule has 0 bridgehead atoms. The number of anilines is 1. The Labute approximate surface area is 140 Å². The Kier molecular flexibility index (Phi) is 4.04. The van der Waals surface area contributed by atoms with E-state index in [1.165, 1.54) is 29.8 Å². The van der Waals surface area contributed by atoms with Crippen LogP contribution in [0.15, 0.2) is 40.1 Å². The van der Waals surface area contributed by atoms with Gasteiger partial charge in [0, 0.05) is 12.6 Å². The molecule has 8 nitrogen and oxygen atoms in total. The third kappa shape index (κ3) is 2.99. The van der Waals surface area contributed by atoms with Crippen LogP contribution in [0.3, 0.4) is 0 Å². The van der Waals surface area contributed by atoms with Gasteiger partial charge < -0.3 is 15.4 Å². The highest BCUT2D eigenvalue weighted by atomic mass is 32.1. The second kappa shape index (κ2) is 6.02. The number of aliphatic hydroxyl groups is 1. The van der Waals surface area contributed by atoms with E-state index >= 15 is 0 Å². The number of nitrogens with one attached hydrogen (secondary N) is 2. The van der Waals surface area contributed by atoms with Crippen molar-refractivity contribution in [2.45, 2.75) is 12.5 Å². The van der Waals surface area contributed by atoms with Crippen molar-refractivity contribution in [2.24, 2.45) is 0 Å². The number of H-pyrrole nitrogens is 1. The van der Waals surface area contributed by atoms with E-state index in [2.05, 4.69) is 15.3 Å². The van der Waals surface area contributed by atoms with Gasteiger partial charge in [-0.2, -0.15) is 11.3 Å². The average molecular weight is 346 g/mol. The van der Waals surface area contributed by atoms with E-state index in [-0.39, 0.29) is 23.3 Å². The predicted octanol–water partition coefficient (Wildman–Crippen LogP) is 2.21. The van der Waals surface area contributed by atoms with Gasteiger partial charge in [0.1, 0.15) is 11.3 Å². The summed E-state index contributed by atoms with van der Waals surface area (Å²) in [7, 11) is 0. The summed E-state index contributed by atoms with van der Waals surface area (Å²) in [6.45, 7) is 1.69. The zero-order valence-electron chi connectivity index (χ0n) is 12.6. The van der Waals surface area contributed by atoms with Crippen molar-refractivity contribution in [1.82, 2.24) is 9.97 Å². The van der Waals surface area contributed by atoms with Crippen LogP contribution in [0.25, 0.3) is 10.9 Å². The standard InChI is InChI=1S/C15H14N4O4S/c1-15(21,9-2-3-24-6-9)7-16-12-5-11-10(4-13(12)19(22)23)14(20)18-8-17-11/h2-6,8,16,21H,7H2,1H3,(H,17,18,20). The van der Waals surface area contributed by atoms with Gasteiger partial charge in [-0.1, -0.05) is 0 Å². The molecule has 0 aliphatic rings. The maximum atomic E-state index is 11.8. The van der Waals surface area contributed by atoms with E-state index < -0.39 is 16.1 Å². The van der Waals surface area contributed by atoms with Gasteiger partial charge in [0.15, 0.2) is 0 Å². The minimum Gasteiger partial charge on any atom is -0.384 e. The molecule has 2 aromatic heterocycles. The van der Waals surface area contributed by atoms with Crippen molar-refractivity contribution < 1.29 is 10.0 Å². The number of nitro groups is 1. The molecule has 3 N–H and O–H groups in total. The van der Waals surface area contributed by atoms with Crippen molar-refractivity contribution in [1.29, 1.82) is 0 Å². The number of nitro benzene ring substituents is 1. The van der Waals surface area contributed by atoms with Gasteiger partial charge in [-0.05, 0) is 35.4 Å². The van der Waals surface area contributed by atoms with Crippen molar-refractivity contribution in [3.05, 3.63) is 61.3 Å². The summed E-state index contributed by atoms with van der Waals surface area (Å²) in [5, 5.41) is 28.5. The van der Waals surface area contributed by atoms with Crippen LogP contribution < -0.4 is 10.9 Å². The molecule has 9 heteroatoms. The molecule has 1 atom stereocenters. The van der Waals surface area contributed by atoms with E-state index in [9.17, 15) is 20.0 Å². The Bertz CT molecular complexity index is 950. The van der Waals surface area contributed by atoms with Crippen LogP contribution in [0.4, 0.5) is 11.4 Å². The minimum absolute atomic E-state index is 0.0687. The monoisotopic (exact) mass is 346 g/mol. The Morgan fingerprint density at radius 2 is 2.29 bits per heavy atom. The van der Waals surface area contributed by atoms with Gasteiger partial charge in [-0.25, -0.2) is 4.98 Å². The fourth-order valence-electron chi connectivity index (χ4n) is 2.34. The first-order valence-corrected chi connectivity index (χ1v) is 7.97. The zero-order valence-corrected chi connectivity index (χ0v) is 13.5. The van der Waals surface area contributed by atoms with Gasteiger partial charge in [0.2, 0.25) is 0 Å². The van der Waals surface area contributed by atoms with Gasteiger partial charge in [0.25, 0.3) is 11.2 Å². The lowest BCUT2D eigenvalue weighted by Crippen LogP contribution is -2.30. The first-order valence-electron chi connectivity index (χ1n) is 7.03. The summed E-state index contributed by atoms with van der Waals surface area (Å²) in [6, 6.07) is 4.41. The number of thiophene rings is 1. The van der Waals surface area contributed by atoms with Crippen LogP contribution in [0, 0.1) is 10.1 Å². The topological polar surface area (TPSA) is 121 Å². The number of aromatic nitrogens is 2. The summed E-state index contributed by atoms with van der Waals surface area (Å²) in [4.78, 5) is 28.9. The van der Waals surface area contributed by atoms with Crippen LogP contribution in [0.5, 0.6) is 0 Å². The third-order valence-electron chi connectivity index (χ3n) is 3.72. The van der Waals surface area contributed by atoms with Crippen LogP contribution >= 0.6 is 11.3 Å². The summed E-state index contributed by atoms with van der Waals surface area (Å²) in [5.74, 6) is 0. The van der Waals surface area contributed by atoms with Gasteiger partial charge in [-0.15, -0.1) is 0 Å². The van der Waals surface area contributed by atoms with E-state index in [1.807, 2.05) is 10.8 Å². The summed E-state index contributed by atoms with van der Waals surface area (Å²) >= 11 is 1.46. The van der Waals surface area contributed by atoms with Gasteiger partial charge >= 0.3 is 0 Å². The van der Waals surface area contributed by atoms with Crippen molar-refractivity contribution in [2.75, 3.05) is 11.9 Å². The minimum atomic E-state index is -1.19. The second-order valence-corrected chi connectivity index (χ2v) is 6.29. The fourth-order valence-corrected chi connectivity index (χ4v) is 3.12. The molecule has 0 radical (unpaired) electrons. The van der Waals surface area contributed by atoms with E-state index in [1.54, 1.807) is 13.0 Å². The molecule has 0 saturated carbocycles. The number of hydrogen-bond donors (Lipinski definition) is 3. The van der Waals surface area contributed by atoms with E-state index in [0.29, 0.717) is 5.52 Å². The quantitative estimate of drug-likeness (QED) is 0.481. The molecule has 0 aliphatic heterocycles. The first-order chi connectivity index (χ1) is 11.4. The molecule has 2 heterocycles. The molecule has 3 aromatic rings. The molecule has 0 amide bonds. The molecule has 3 rings (SSSR count). The summed E-state index contributed by atoms with van der Waals surface area (Å²) < 4.78 is 0. The highest BCUT2D eigenvalue weighted by Crippen LogP contribution is 2.30. The molecule has 0 fully saturated rings. The van der Waals surface area contributed by atoms with Crippen molar-refractivity contribution in [3.8, 4) is 0 Å². The van der Waals surface area contributed by atoms with Crippen LogP contribution in [-0.2, 0) is 5.60 Å². The molecular weight excluding hydrogens is 332 g/mol. The number of nitrogens with zero attached hydrogens (tertiary/aromatic N) is 2. The maximum Gasteiger partial charge on any atom is 0.293 e. The zero-order chi connectivity index (χ0) is 17.3. The predicted molar refractivity (Wildman–Crippen MR) is 91.4 cm³/mol. The Hall–Kier alpha value is -2.78. The maximum absolute atomic E-state index is 11.8. The fraction of sp³-hybridized carbons (Fsp3) is 0.200. The lowest BCUT2D eigenvalue weighted by molar-refractivity contribution is -0.383. The molecule has 0 saturated heterocycles. The number of benzene rings is 1. The Morgan fingerprint density at radius 3 is 2.96 bits per heavy atom. The highest BCUT2D eigenvalue weighted by Gasteiger charge is 2.25. The third-order valence-corrected chi connectivity index (χ3v) is 4.40. The lowest BCUT2D eigenvalue weighted by atomic mass is 9.99. The second-order valence-electron chi connectivity index (χ2n) is 5.51. The average Bonchev–Trinajstić information content (AvgIpc) is 3.08. The number of aromatic amines is 1. The lowest BCUT2D eigenvalue weighted by Gasteiger charge is -2.23. The van der Waals surface area contributed by atoms with Crippen molar-refractivity contribution >= 4 is 33.6 Å². The molecule has 24 heavy (non-hydrogen) atoms. The molecule has 124 valence electrons. The number of hydrogen-bond acceptors (Lipinski definition) is 7. The largest absolute Gasteiger partial charge is 0.384 e. The molecule has 0 spiro atoms. The van der Waals surface area contributed by atoms with Gasteiger partial charge in [0.05, 0.1) is 22.2 Å². The summed E-state index contributed by atoms with van der Waals surface area (Å²) in [5.41, 5.74) is -0.632. The summed E-state index contributed by atoms with van der Waals surface area (Å²) in [6.07, 6.45) is 1.24. The van der Waals surface area contributed by atoms with Crippen molar-refractivity contribution in [3.63, 3.8) is 0 Å². The Morgan fingerprint density at radius 1 is 1.50 bits per heavy atom. The van der Waals surface area contributed by atoms with Gasteiger partial charge in [-0.3, -0.25) is 14.9 Å². The van der Waals surface area contributed by atoms with E-state index in [0.717, 1.165) is 5.56 Å². The molecule has 0 aliphatic carbocycles. The smallest absolute Gasteiger partial charge is 0.293 e. The first kappa shape index (κ1) is 16.1. The normalized spacial score (nSPS) is 13.6. The van der Waals surface area contributed by atoms with Crippen LogP contribution in [0.2, 0.25) is 0 Å².